The van der Waals surface area contributed by atoms with Crippen molar-refractivity contribution in [1.29, 1.82) is 0 Å². The molecule has 0 bridgehead atoms. The minimum atomic E-state index is -0.139. The van der Waals surface area contributed by atoms with Crippen LogP contribution in [0.3, 0.4) is 0 Å². The van der Waals surface area contributed by atoms with Crippen LogP contribution in [0.1, 0.15) is 83.5 Å². The van der Waals surface area contributed by atoms with Crippen LogP contribution in [-0.2, 0) is 9.59 Å². The third-order valence-electron chi connectivity index (χ3n) is 3.78. The van der Waals surface area contributed by atoms with Gasteiger partial charge in [0, 0.05) is 12.8 Å². The maximum atomic E-state index is 11.6. The summed E-state index contributed by atoms with van der Waals surface area (Å²) in [5.41, 5.74) is 0. The van der Waals surface area contributed by atoms with E-state index in [2.05, 4.69) is 12.2 Å². The minimum absolute atomic E-state index is 0.135. The number of rotatable bonds is 0. The fraction of sp³-hybridized carbons (Fsp3) is 0.765. The zero-order valence-electron chi connectivity index (χ0n) is 12.2. The van der Waals surface area contributed by atoms with Crippen LogP contribution >= 0.6 is 0 Å². The van der Waals surface area contributed by atoms with Crippen molar-refractivity contribution in [3.05, 3.63) is 12.2 Å². The first-order chi connectivity index (χ1) is 9.30. The Balaban J connectivity index is 2.29. The maximum absolute atomic E-state index is 11.6. The van der Waals surface area contributed by atoms with Gasteiger partial charge in [0.15, 0.2) is 11.6 Å². The van der Waals surface area contributed by atoms with E-state index >= 15 is 0 Å². The molecule has 0 radical (unpaired) electrons. The molecule has 19 heavy (non-hydrogen) atoms. The van der Waals surface area contributed by atoms with E-state index in [0.717, 1.165) is 38.5 Å². The van der Waals surface area contributed by atoms with Gasteiger partial charge < -0.3 is 0 Å². The minimum Gasteiger partial charge on any atom is -0.291 e. The van der Waals surface area contributed by atoms with Crippen LogP contribution in [0.15, 0.2) is 12.2 Å². The smallest absolute Gasteiger partial charge is 0.198 e. The molecule has 0 aliphatic heterocycles. The molecule has 2 heteroatoms. The number of allylic oxidation sites excluding steroid dienone is 2. The second-order valence-corrected chi connectivity index (χ2v) is 5.58. The van der Waals surface area contributed by atoms with Crippen LogP contribution in [0, 0.1) is 0 Å². The van der Waals surface area contributed by atoms with Gasteiger partial charge in [0.2, 0.25) is 0 Å². The standard InChI is InChI=1S/C17H28O2/c18-16-14-12-10-8-6-4-2-1-3-5-7-9-11-13-15-17(16)19/h2,4H,1,3,5-15H2/b4-2+. The zero-order valence-corrected chi connectivity index (χ0v) is 12.2. The van der Waals surface area contributed by atoms with Crippen LogP contribution in [0.5, 0.6) is 0 Å². The Morgan fingerprint density at radius 1 is 0.526 bits per heavy atom. The maximum Gasteiger partial charge on any atom is 0.198 e. The van der Waals surface area contributed by atoms with E-state index < -0.39 is 0 Å². The molecule has 0 atom stereocenters. The second-order valence-electron chi connectivity index (χ2n) is 5.58. The molecule has 1 aliphatic carbocycles. The molecular weight excluding hydrogens is 236 g/mol. The molecule has 0 aromatic rings. The monoisotopic (exact) mass is 264 g/mol. The molecule has 108 valence electrons. The van der Waals surface area contributed by atoms with Crippen molar-refractivity contribution in [3.8, 4) is 0 Å². The summed E-state index contributed by atoms with van der Waals surface area (Å²) >= 11 is 0. The molecule has 0 aromatic carbocycles. The highest BCUT2D eigenvalue weighted by Gasteiger charge is 2.12. The number of carbonyl (C=O) groups is 2. The molecule has 1 rings (SSSR count). The highest BCUT2D eigenvalue weighted by molar-refractivity contribution is 6.37. The average Bonchev–Trinajstić information content (AvgIpc) is 2.41. The summed E-state index contributed by atoms with van der Waals surface area (Å²) in [5.74, 6) is -0.274. The topological polar surface area (TPSA) is 34.1 Å². The third-order valence-corrected chi connectivity index (χ3v) is 3.78. The van der Waals surface area contributed by atoms with Gasteiger partial charge in [-0.25, -0.2) is 0 Å². The van der Waals surface area contributed by atoms with Gasteiger partial charge in [0.1, 0.15) is 0 Å². The van der Waals surface area contributed by atoms with Crippen LogP contribution in [0.2, 0.25) is 0 Å². The summed E-state index contributed by atoms with van der Waals surface area (Å²) in [6.07, 6.45) is 17.9. The van der Waals surface area contributed by atoms with Crippen molar-refractivity contribution in [2.45, 2.75) is 83.5 Å². The fourth-order valence-electron chi connectivity index (χ4n) is 2.49. The summed E-state index contributed by atoms with van der Waals surface area (Å²) in [6.45, 7) is 0. The van der Waals surface area contributed by atoms with E-state index in [1.54, 1.807) is 0 Å². The summed E-state index contributed by atoms with van der Waals surface area (Å²) in [7, 11) is 0. The van der Waals surface area contributed by atoms with E-state index in [0.29, 0.717) is 12.8 Å². The highest BCUT2D eigenvalue weighted by Crippen LogP contribution is 2.12. The number of hydrogen-bond acceptors (Lipinski definition) is 2. The Kier molecular flexibility index (Phi) is 9.30. The molecule has 0 saturated carbocycles. The zero-order chi connectivity index (χ0) is 13.8. The van der Waals surface area contributed by atoms with Gasteiger partial charge in [0.05, 0.1) is 0 Å². The van der Waals surface area contributed by atoms with Gasteiger partial charge in [0.25, 0.3) is 0 Å². The molecule has 0 spiro atoms. The second kappa shape index (κ2) is 11.0. The van der Waals surface area contributed by atoms with Gasteiger partial charge >= 0.3 is 0 Å². The summed E-state index contributed by atoms with van der Waals surface area (Å²) in [5, 5.41) is 0. The Morgan fingerprint density at radius 2 is 0.895 bits per heavy atom. The first-order valence-corrected chi connectivity index (χ1v) is 8.02. The first kappa shape index (κ1) is 16.1. The molecule has 0 fully saturated rings. The fourth-order valence-corrected chi connectivity index (χ4v) is 2.49. The summed E-state index contributed by atoms with van der Waals surface area (Å²) in [6, 6.07) is 0. The SMILES string of the molecule is O=C1CCCCC/C=C/CCCCCCCCC1=O. The lowest BCUT2D eigenvalue weighted by atomic mass is 10.0. The Bertz CT molecular complexity index is 292. The third kappa shape index (κ3) is 8.74. The molecule has 0 amide bonds. The van der Waals surface area contributed by atoms with Gasteiger partial charge in [-0.15, -0.1) is 0 Å². The van der Waals surface area contributed by atoms with E-state index in [4.69, 9.17) is 0 Å². The Morgan fingerprint density at radius 3 is 1.42 bits per heavy atom. The van der Waals surface area contributed by atoms with Crippen molar-refractivity contribution >= 4 is 11.6 Å². The van der Waals surface area contributed by atoms with Gasteiger partial charge in [-0.2, -0.15) is 0 Å². The first-order valence-electron chi connectivity index (χ1n) is 8.02. The van der Waals surface area contributed by atoms with Crippen molar-refractivity contribution in [2.24, 2.45) is 0 Å². The summed E-state index contributed by atoms with van der Waals surface area (Å²) < 4.78 is 0. The number of carbonyl (C=O) groups excluding carboxylic acids is 2. The normalized spacial score (nSPS) is 23.8. The predicted molar refractivity (Wildman–Crippen MR) is 79.2 cm³/mol. The van der Waals surface area contributed by atoms with Crippen LogP contribution < -0.4 is 0 Å². The van der Waals surface area contributed by atoms with Crippen LogP contribution in [0.25, 0.3) is 0 Å². The largest absolute Gasteiger partial charge is 0.291 e. The van der Waals surface area contributed by atoms with E-state index in [1.807, 2.05) is 0 Å². The van der Waals surface area contributed by atoms with E-state index in [1.165, 1.54) is 32.1 Å². The van der Waals surface area contributed by atoms with Crippen molar-refractivity contribution in [3.63, 3.8) is 0 Å². The molecular formula is C17H28O2. The molecule has 0 unspecified atom stereocenters. The highest BCUT2D eigenvalue weighted by atomic mass is 16.2. The van der Waals surface area contributed by atoms with Gasteiger partial charge in [-0.3, -0.25) is 9.59 Å². The Hall–Kier alpha value is -0.920. The molecule has 0 saturated heterocycles. The lowest BCUT2D eigenvalue weighted by Crippen LogP contribution is -2.13. The average molecular weight is 264 g/mol. The molecule has 1 aliphatic rings. The van der Waals surface area contributed by atoms with Gasteiger partial charge in [-0.05, 0) is 38.5 Å². The van der Waals surface area contributed by atoms with E-state index in [-0.39, 0.29) is 11.6 Å². The predicted octanol–water partition coefficient (Wildman–Crippen LogP) is 4.77. The quantitative estimate of drug-likeness (QED) is 0.466. The summed E-state index contributed by atoms with van der Waals surface area (Å²) in [4.78, 5) is 23.2. The Labute approximate surface area is 117 Å². The molecule has 0 N–H and O–H groups in total. The van der Waals surface area contributed by atoms with Crippen molar-refractivity contribution in [1.82, 2.24) is 0 Å². The number of Topliss-reactive ketones (excluding diaryl/α,β-unsaturated/α-hetero) is 2. The van der Waals surface area contributed by atoms with Crippen LogP contribution in [-0.4, -0.2) is 11.6 Å². The lowest BCUT2D eigenvalue weighted by Gasteiger charge is -2.01. The molecule has 2 nitrogen and oxygen atoms in total. The molecule has 0 heterocycles. The van der Waals surface area contributed by atoms with Gasteiger partial charge in [-0.1, -0.05) is 44.3 Å². The van der Waals surface area contributed by atoms with Crippen molar-refractivity contribution in [2.75, 3.05) is 0 Å². The molecule has 0 aromatic heterocycles. The van der Waals surface area contributed by atoms with Crippen LogP contribution in [0.4, 0.5) is 0 Å². The van der Waals surface area contributed by atoms with E-state index in [9.17, 15) is 9.59 Å². The van der Waals surface area contributed by atoms with Crippen molar-refractivity contribution < 1.29 is 9.59 Å². The lowest BCUT2D eigenvalue weighted by molar-refractivity contribution is -0.136. The number of hydrogen-bond donors (Lipinski definition) is 0. The number of ketones is 2.